The Hall–Kier alpha value is -2.06. The normalized spacial score (nSPS) is 25.4. The van der Waals surface area contributed by atoms with Crippen LogP contribution >= 0.6 is 0 Å². The topological polar surface area (TPSA) is 90.0 Å². The summed E-state index contributed by atoms with van der Waals surface area (Å²) in [6.07, 6.45) is 1.51. The molecule has 0 fully saturated rings. The first kappa shape index (κ1) is 14.4. The third-order valence-electron chi connectivity index (χ3n) is 3.24. The van der Waals surface area contributed by atoms with E-state index in [1.807, 2.05) is 0 Å². The van der Waals surface area contributed by atoms with Crippen molar-refractivity contribution in [2.24, 2.45) is 0 Å². The highest BCUT2D eigenvalue weighted by Crippen LogP contribution is 2.33. The third-order valence-corrected chi connectivity index (χ3v) is 5.07. The van der Waals surface area contributed by atoms with Gasteiger partial charge in [-0.2, -0.15) is 12.7 Å². The van der Waals surface area contributed by atoms with Crippen molar-refractivity contribution >= 4 is 16.3 Å². The average molecular weight is 297 g/mol. The van der Waals surface area contributed by atoms with Gasteiger partial charge in [0.2, 0.25) is 0 Å². The molecule has 0 aliphatic carbocycles. The summed E-state index contributed by atoms with van der Waals surface area (Å²) in [4.78, 5) is 11.1. The van der Waals surface area contributed by atoms with Crippen LogP contribution in [0.25, 0.3) is 0 Å². The molecule has 1 aliphatic heterocycles. The number of carboxylic acid groups (broad SMARTS) is 1. The number of nitrogens with zero attached hydrogens (tertiary/aromatic N) is 2. The van der Waals surface area contributed by atoms with Crippen LogP contribution in [0.3, 0.4) is 0 Å². The second kappa shape index (κ2) is 4.80. The molecule has 2 N–H and O–H groups in total. The summed E-state index contributed by atoms with van der Waals surface area (Å²) in [5.74, 6) is 0. The second-order valence-electron chi connectivity index (χ2n) is 4.37. The van der Waals surface area contributed by atoms with Crippen molar-refractivity contribution in [3.8, 4) is 0 Å². The summed E-state index contributed by atoms with van der Waals surface area (Å²) < 4.78 is 26.5. The van der Waals surface area contributed by atoms with Crippen molar-refractivity contribution < 1.29 is 18.3 Å². The molecular weight excluding hydrogens is 282 g/mol. The van der Waals surface area contributed by atoms with Gasteiger partial charge in [0, 0.05) is 20.3 Å². The lowest BCUT2D eigenvalue weighted by molar-refractivity contribution is 0.154. The van der Waals surface area contributed by atoms with E-state index in [0.717, 1.165) is 8.61 Å². The SMILES string of the molecule is CN1C=CC(NC(=O)O)(c2ccccc2)N(C)S1(=O)=O. The van der Waals surface area contributed by atoms with E-state index in [2.05, 4.69) is 5.32 Å². The molecule has 1 aliphatic rings. The van der Waals surface area contributed by atoms with Crippen molar-refractivity contribution in [1.82, 2.24) is 13.9 Å². The van der Waals surface area contributed by atoms with Crippen LogP contribution in [0.2, 0.25) is 0 Å². The predicted octanol–water partition coefficient (Wildman–Crippen LogP) is 0.743. The van der Waals surface area contributed by atoms with Crippen LogP contribution in [-0.4, -0.2) is 42.3 Å². The molecule has 0 saturated heterocycles. The maximum atomic E-state index is 12.3. The van der Waals surface area contributed by atoms with Gasteiger partial charge in [-0.05, 0) is 11.6 Å². The van der Waals surface area contributed by atoms with E-state index < -0.39 is 22.0 Å². The highest BCUT2D eigenvalue weighted by atomic mass is 32.2. The Morgan fingerprint density at radius 1 is 1.25 bits per heavy atom. The molecule has 108 valence electrons. The van der Waals surface area contributed by atoms with Crippen LogP contribution in [0.4, 0.5) is 4.79 Å². The molecule has 0 radical (unpaired) electrons. The number of benzene rings is 1. The minimum absolute atomic E-state index is 0.512. The number of hydrogen-bond acceptors (Lipinski definition) is 3. The fourth-order valence-electron chi connectivity index (χ4n) is 2.10. The zero-order valence-corrected chi connectivity index (χ0v) is 11.8. The second-order valence-corrected chi connectivity index (χ2v) is 6.39. The average Bonchev–Trinajstić information content (AvgIpc) is 2.41. The van der Waals surface area contributed by atoms with Gasteiger partial charge < -0.3 is 5.11 Å². The number of amides is 1. The quantitative estimate of drug-likeness (QED) is 0.842. The molecule has 0 aromatic heterocycles. The molecule has 8 heteroatoms. The minimum Gasteiger partial charge on any atom is -0.465 e. The molecule has 0 saturated carbocycles. The zero-order valence-electron chi connectivity index (χ0n) is 11.0. The number of rotatable bonds is 2. The van der Waals surface area contributed by atoms with Gasteiger partial charge in [-0.3, -0.25) is 9.62 Å². The summed E-state index contributed by atoms with van der Waals surface area (Å²) in [7, 11) is -1.07. The smallest absolute Gasteiger partial charge is 0.406 e. The Bertz CT molecular complexity index is 644. The maximum Gasteiger partial charge on any atom is 0.406 e. The molecule has 7 nitrogen and oxygen atoms in total. The van der Waals surface area contributed by atoms with E-state index in [1.165, 1.54) is 26.4 Å². The van der Waals surface area contributed by atoms with Crippen molar-refractivity contribution in [2.45, 2.75) is 5.66 Å². The van der Waals surface area contributed by atoms with Gasteiger partial charge in [0.25, 0.3) is 0 Å². The first-order valence-corrected chi connectivity index (χ1v) is 7.18. The lowest BCUT2D eigenvalue weighted by Crippen LogP contribution is -2.61. The number of nitrogens with one attached hydrogen (secondary N) is 1. The van der Waals surface area contributed by atoms with Crippen molar-refractivity contribution in [2.75, 3.05) is 14.1 Å². The molecule has 1 heterocycles. The Balaban J connectivity index is 2.66. The van der Waals surface area contributed by atoms with Gasteiger partial charge >= 0.3 is 16.3 Å². The number of likely N-dealkylation sites (N-methyl/N-ethyl adjacent to an activating group) is 1. The summed E-state index contributed by atoms with van der Waals surface area (Å²) >= 11 is 0. The monoisotopic (exact) mass is 297 g/mol. The fraction of sp³-hybridized carbons (Fsp3) is 0.250. The minimum atomic E-state index is -3.79. The Kier molecular flexibility index (Phi) is 3.45. The van der Waals surface area contributed by atoms with Crippen molar-refractivity contribution in [3.63, 3.8) is 0 Å². The highest BCUT2D eigenvalue weighted by molar-refractivity contribution is 7.86. The Morgan fingerprint density at radius 3 is 2.40 bits per heavy atom. The summed E-state index contributed by atoms with van der Waals surface area (Å²) in [6, 6.07) is 8.53. The van der Waals surface area contributed by atoms with Crippen molar-refractivity contribution in [1.29, 1.82) is 0 Å². The number of hydrogen-bond donors (Lipinski definition) is 2. The fourth-order valence-corrected chi connectivity index (χ4v) is 3.27. The Labute approximate surface area is 117 Å². The Morgan fingerprint density at radius 2 is 1.85 bits per heavy atom. The van der Waals surface area contributed by atoms with Gasteiger partial charge in [-0.15, -0.1) is 0 Å². The lowest BCUT2D eigenvalue weighted by atomic mass is 9.99. The van der Waals surface area contributed by atoms with Crippen LogP contribution in [0.1, 0.15) is 5.56 Å². The van der Waals surface area contributed by atoms with E-state index in [0.29, 0.717) is 5.56 Å². The van der Waals surface area contributed by atoms with Crippen LogP contribution in [0.5, 0.6) is 0 Å². The summed E-state index contributed by atoms with van der Waals surface area (Å²) in [5, 5.41) is 11.4. The first-order valence-electron chi connectivity index (χ1n) is 5.79. The van der Waals surface area contributed by atoms with Crippen LogP contribution in [-0.2, 0) is 15.9 Å². The van der Waals surface area contributed by atoms with Crippen molar-refractivity contribution in [3.05, 3.63) is 48.2 Å². The van der Waals surface area contributed by atoms with Gasteiger partial charge in [-0.25, -0.2) is 4.79 Å². The molecule has 1 aromatic carbocycles. The molecule has 0 bridgehead atoms. The molecule has 20 heavy (non-hydrogen) atoms. The van der Waals surface area contributed by atoms with Gasteiger partial charge in [-0.1, -0.05) is 30.3 Å². The van der Waals surface area contributed by atoms with Gasteiger partial charge in [0.15, 0.2) is 5.66 Å². The van der Waals surface area contributed by atoms with E-state index in [9.17, 15) is 13.2 Å². The van der Waals surface area contributed by atoms with E-state index in [1.54, 1.807) is 30.3 Å². The highest BCUT2D eigenvalue weighted by Gasteiger charge is 2.46. The summed E-state index contributed by atoms with van der Waals surface area (Å²) in [6.45, 7) is 0. The standard InChI is InChI=1S/C12H15N3O4S/c1-14-9-8-12(13-11(16)17,15(2)20(14,18)19)10-6-4-3-5-7-10/h3-9,13H,1-2H3,(H,16,17). The lowest BCUT2D eigenvalue weighted by Gasteiger charge is -2.43. The van der Waals surface area contributed by atoms with Gasteiger partial charge in [0.1, 0.15) is 0 Å². The van der Waals surface area contributed by atoms with E-state index in [-0.39, 0.29) is 0 Å². The molecule has 0 spiro atoms. The maximum absolute atomic E-state index is 12.3. The predicted molar refractivity (Wildman–Crippen MR) is 72.9 cm³/mol. The molecule has 1 atom stereocenters. The van der Waals surface area contributed by atoms with Gasteiger partial charge in [0.05, 0.1) is 0 Å². The van der Waals surface area contributed by atoms with Crippen LogP contribution in [0.15, 0.2) is 42.6 Å². The van der Waals surface area contributed by atoms with E-state index in [4.69, 9.17) is 5.11 Å². The third kappa shape index (κ3) is 2.12. The largest absolute Gasteiger partial charge is 0.465 e. The zero-order chi connectivity index (χ0) is 15.0. The molecular formula is C12H15N3O4S. The van der Waals surface area contributed by atoms with Crippen LogP contribution < -0.4 is 5.32 Å². The molecule has 1 amide bonds. The van der Waals surface area contributed by atoms with Crippen LogP contribution in [0, 0.1) is 0 Å². The van der Waals surface area contributed by atoms with E-state index >= 15 is 0 Å². The molecule has 1 unspecified atom stereocenters. The summed E-state index contributed by atoms with van der Waals surface area (Å²) in [5.41, 5.74) is -0.948. The number of carbonyl (C=O) groups is 1. The first-order chi connectivity index (χ1) is 9.30. The molecule has 1 aromatic rings. The molecule has 2 rings (SSSR count).